The number of nitrogen functional groups attached to an aromatic ring is 1. The number of carbonyl (C=O) groups is 1. The van der Waals surface area contributed by atoms with Gasteiger partial charge in [0.25, 0.3) is 0 Å². The topological polar surface area (TPSA) is 72.9 Å². The largest absolute Gasteiger partial charge is 0.383 e. The number of nitrogens with zero attached hydrogens (tertiary/aromatic N) is 2. The second kappa shape index (κ2) is 4.61. The van der Waals surface area contributed by atoms with E-state index in [0.29, 0.717) is 12.2 Å². The van der Waals surface area contributed by atoms with Crippen molar-refractivity contribution in [3.63, 3.8) is 0 Å². The molecule has 5 heteroatoms. The van der Waals surface area contributed by atoms with Crippen molar-refractivity contribution in [1.82, 2.24) is 15.1 Å². The number of nitrogens with one attached hydrogen (secondary N) is 1. The van der Waals surface area contributed by atoms with Gasteiger partial charge in [0.15, 0.2) is 0 Å². The van der Waals surface area contributed by atoms with E-state index in [4.69, 9.17) is 5.73 Å². The Hall–Kier alpha value is -1.36. The highest BCUT2D eigenvalue weighted by Gasteiger charge is 2.07. The SMILES string of the molecule is CNCCCC(=O)n1nccc1N. The third-order valence-electron chi connectivity index (χ3n) is 1.73. The molecule has 1 aromatic heterocycles. The van der Waals surface area contributed by atoms with Gasteiger partial charge >= 0.3 is 0 Å². The molecule has 0 saturated heterocycles. The van der Waals surface area contributed by atoms with E-state index in [-0.39, 0.29) is 5.91 Å². The van der Waals surface area contributed by atoms with Gasteiger partial charge in [-0.25, -0.2) is 0 Å². The second-order valence-electron chi connectivity index (χ2n) is 2.77. The number of hydrogen-bond acceptors (Lipinski definition) is 4. The molecule has 1 rings (SSSR count). The van der Waals surface area contributed by atoms with E-state index < -0.39 is 0 Å². The Morgan fingerprint density at radius 3 is 3.08 bits per heavy atom. The predicted molar refractivity (Wildman–Crippen MR) is 50.4 cm³/mol. The van der Waals surface area contributed by atoms with Crippen molar-refractivity contribution in [2.75, 3.05) is 19.3 Å². The van der Waals surface area contributed by atoms with Crippen molar-refractivity contribution in [1.29, 1.82) is 0 Å². The Labute approximate surface area is 76.9 Å². The lowest BCUT2D eigenvalue weighted by molar-refractivity contribution is 0.0887. The minimum Gasteiger partial charge on any atom is -0.383 e. The van der Waals surface area contributed by atoms with E-state index in [9.17, 15) is 4.79 Å². The number of hydrogen-bond donors (Lipinski definition) is 2. The summed E-state index contributed by atoms with van der Waals surface area (Å²) in [6.07, 6.45) is 2.78. The van der Waals surface area contributed by atoms with Crippen molar-refractivity contribution in [2.24, 2.45) is 0 Å². The van der Waals surface area contributed by atoms with Crippen molar-refractivity contribution in [3.8, 4) is 0 Å². The Bertz CT molecular complexity index is 281. The summed E-state index contributed by atoms with van der Waals surface area (Å²) in [6.45, 7) is 0.826. The van der Waals surface area contributed by atoms with Gasteiger partial charge in [0.2, 0.25) is 5.91 Å². The number of nitrogens with two attached hydrogens (primary N) is 1. The van der Waals surface area contributed by atoms with Gasteiger partial charge in [0.1, 0.15) is 5.82 Å². The Kier molecular flexibility index (Phi) is 3.45. The highest BCUT2D eigenvalue weighted by molar-refractivity contribution is 5.80. The molecular formula is C8H14N4O. The van der Waals surface area contributed by atoms with Gasteiger partial charge in [-0.2, -0.15) is 9.78 Å². The first kappa shape index (κ1) is 9.73. The monoisotopic (exact) mass is 182 g/mol. The fraction of sp³-hybridized carbons (Fsp3) is 0.500. The zero-order valence-corrected chi connectivity index (χ0v) is 7.66. The van der Waals surface area contributed by atoms with Crippen LogP contribution in [0.5, 0.6) is 0 Å². The Morgan fingerprint density at radius 2 is 2.54 bits per heavy atom. The lowest BCUT2D eigenvalue weighted by Gasteiger charge is -2.01. The minimum atomic E-state index is -0.0576. The molecule has 5 nitrogen and oxygen atoms in total. The molecule has 1 heterocycles. The highest BCUT2D eigenvalue weighted by atomic mass is 16.2. The molecule has 3 N–H and O–H groups in total. The van der Waals surface area contributed by atoms with Crippen LogP contribution in [0.1, 0.15) is 17.6 Å². The molecule has 13 heavy (non-hydrogen) atoms. The van der Waals surface area contributed by atoms with E-state index in [1.165, 1.54) is 10.9 Å². The van der Waals surface area contributed by atoms with Gasteiger partial charge in [-0.3, -0.25) is 4.79 Å². The van der Waals surface area contributed by atoms with Crippen LogP contribution < -0.4 is 11.1 Å². The molecule has 0 radical (unpaired) electrons. The van der Waals surface area contributed by atoms with Gasteiger partial charge < -0.3 is 11.1 Å². The van der Waals surface area contributed by atoms with Gasteiger partial charge in [0.05, 0.1) is 6.20 Å². The Morgan fingerprint density at radius 1 is 1.77 bits per heavy atom. The van der Waals surface area contributed by atoms with Gasteiger partial charge in [-0.15, -0.1) is 0 Å². The average molecular weight is 182 g/mol. The smallest absolute Gasteiger partial charge is 0.248 e. The number of anilines is 1. The summed E-state index contributed by atoms with van der Waals surface area (Å²) in [5.41, 5.74) is 5.51. The molecule has 0 aromatic carbocycles. The minimum absolute atomic E-state index is 0.0576. The highest BCUT2D eigenvalue weighted by Crippen LogP contribution is 2.02. The van der Waals surface area contributed by atoms with E-state index in [0.717, 1.165) is 13.0 Å². The molecule has 0 bridgehead atoms. The van der Waals surface area contributed by atoms with Crippen molar-refractivity contribution in [3.05, 3.63) is 12.3 Å². The summed E-state index contributed by atoms with van der Waals surface area (Å²) in [7, 11) is 1.85. The van der Waals surface area contributed by atoms with Crippen LogP contribution in [0.3, 0.4) is 0 Å². The van der Waals surface area contributed by atoms with Crippen LogP contribution in [-0.2, 0) is 0 Å². The normalized spacial score (nSPS) is 10.2. The molecule has 0 spiro atoms. The summed E-state index contributed by atoms with van der Waals surface area (Å²) in [6, 6.07) is 1.61. The summed E-state index contributed by atoms with van der Waals surface area (Å²) < 4.78 is 1.23. The maximum Gasteiger partial charge on any atom is 0.248 e. The van der Waals surface area contributed by atoms with Crippen LogP contribution in [0.4, 0.5) is 5.82 Å². The number of rotatable bonds is 4. The summed E-state index contributed by atoms with van der Waals surface area (Å²) >= 11 is 0. The molecular weight excluding hydrogens is 168 g/mol. The molecule has 72 valence electrons. The van der Waals surface area contributed by atoms with Crippen LogP contribution in [0.25, 0.3) is 0 Å². The molecule has 0 unspecified atom stereocenters. The van der Waals surface area contributed by atoms with Gasteiger partial charge in [0, 0.05) is 12.5 Å². The summed E-state index contributed by atoms with van der Waals surface area (Å²) in [4.78, 5) is 11.4. The molecule has 0 aliphatic carbocycles. The maximum absolute atomic E-state index is 11.4. The first-order valence-electron chi connectivity index (χ1n) is 4.23. The second-order valence-corrected chi connectivity index (χ2v) is 2.77. The zero-order valence-electron chi connectivity index (χ0n) is 7.66. The van der Waals surface area contributed by atoms with E-state index in [1.807, 2.05) is 7.05 Å². The molecule has 1 aromatic rings. The third-order valence-corrected chi connectivity index (χ3v) is 1.73. The molecule has 0 atom stereocenters. The first-order chi connectivity index (χ1) is 6.25. The Balaban J connectivity index is 2.45. The van der Waals surface area contributed by atoms with E-state index in [2.05, 4.69) is 10.4 Å². The molecule has 0 aliphatic heterocycles. The van der Waals surface area contributed by atoms with Crippen molar-refractivity contribution in [2.45, 2.75) is 12.8 Å². The van der Waals surface area contributed by atoms with Crippen LogP contribution >= 0.6 is 0 Å². The average Bonchev–Trinajstić information content (AvgIpc) is 2.52. The van der Waals surface area contributed by atoms with E-state index in [1.54, 1.807) is 6.07 Å². The molecule has 0 saturated carbocycles. The first-order valence-corrected chi connectivity index (χ1v) is 4.23. The maximum atomic E-state index is 11.4. The van der Waals surface area contributed by atoms with Gasteiger partial charge in [-0.1, -0.05) is 0 Å². The zero-order chi connectivity index (χ0) is 9.68. The summed E-state index contributed by atoms with van der Waals surface area (Å²) in [5.74, 6) is 0.340. The van der Waals surface area contributed by atoms with Crippen molar-refractivity contribution >= 4 is 11.7 Å². The van der Waals surface area contributed by atoms with E-state index >= 15 is 0 Å². The fourth-order valence-corrected chi connectivity index (χ4v) is 1.04. The predicted octanol–water partition coefficient (Wildman–Crippen LogP) is 0.105. The lowest BCUT2D eigenvalue weighted by Crippen LogP contribution is -2.17. The third kappa shape index (κ3) is 2.55. The van der Waals surface area contributed by atoms with Crippen LogP contribution in [0, 0.1) is 0 Å². The van der Waals surface area contributed by atoms with Crippen LogP contribution in [0.2, 0.25) is 0 Å². The van der Waals surface area contributed by atoms with Gasteiger partial charge in [-0.05, 0) is 20.0 Å². The molecule has 0 aliphatic rings. The number of carbonyl (C=O) groups excluding carboxylic acids is 1. The quantitative estimate of drug-likeness (QED) is 0.648. The molecule has 0 fully saturated rings. The van der Waals surface area contributed by atoms with Crippen LogP contribution in [0.15, 0.2) is 12.3 Å². The van der Waals surface area contributed by atoms with Crippen molar-refractivity contribution < 1.29 is 4.79 Å². The van der Waals surface area contributed by atoms with Crippen LogP contribution in [-0.4, -0.2) is 29.3 Å². The fourth-order valence-electron chi connectivity index (χ4n) is 1.04. The summed E-state index contributed by atoms with van der Waals surface area (Å²) in [5, 5.41) is 6.79. The molecule has 0 amide bonds. The standard InChI is InChI=1S/C8H14N4O/c1-10-5-2-3-8(13)12-7(9)4-6-11-12/h4,6,10H,2-3,5,9H2,1H3. The lowest BCUT2D eigenvalue weighted by atomic mass is 10.3. The number of aromatic nitrogens is 2.